The molecule has 0 N–H and O–H groups in total. The fourth-order valence-electron chi connectivity index (χ4n) is 3.89. The number of carbonyl (C=O) groups excluding carboxylic acids is 1. The molecule has 154 valence electrons. The van der Waals surface area contributed by atoms with E-state index in [1.165, 1.54) is 41.8 Å². The molecule has 0 saturated heterocycles. The number of anilines is 1. The number of rotatable bonds is 8. The van der Waals surface area contributed by atoms with Gasteiger partial charge in [-0.05, 0) is 62.8 Å². The predicted octanol–water partition coefficient (Wildman–Crippen LogP) is 3.18. The quantitative estimate of drug-likeness (QED) is 0.470. The molecule has 9 heteroatoms. The maximum absolute atomic E-state index is 12.8. The van der Waals surface area contributed by atoms with Crippen LogP contribution in [-0.2, 0) is 16.4 Å². The Kier molecular flexibility index (Phi) is 4.70. The lowest BCUT2D eigenvalue weighted by Gasteiger charge is -2.18. The van der Waals surface area contributed by atoms with E-state index >= 15 is 0 Å². The zero-order valence-corrected chi connectivity index (χ0v) is 18.0. The molecule has 0 amide bonds. The maximum Gasteiger partial charge on any atom is 0.234 e. The molecule has 2 aliphatic carbocycles. The van der Waals surface area contributed by atoms with Gasteiger partial charge in [0.25, 0.3) is 0 Å². The molecule has 1 aromatic carbocycles. The summed E-state index contributed by atoms with van der Waals surface area (Å²) < 4.78 is 28.2. The van der Waals surface area contributed by atoms with E-state index in [1.807, 2.05) is 6.07 Å². The van der Waals surface area contributed by atoms with Gasteiger partial charge in [0.15, 0.2) is 10.9 Å². The van der Waals surface area contributed by atoms with Crippen molar-refractivity contribution in [3.63, 3.8) is 0 Å². The standard InChI is InChI=1S/C20H24N4O3S2/c1-2-29(26,27)23-10-9-14-11-15(5-8-17(14)23)18(25)12-28-20-22-21-19(13-3-4-13)24(20)16-6-7-16/h5,8,11,13,16H,2-4,6-7,9-10,12H2,1H3. The minimum Gasteiger partial charge on any atom is -0.303 e. The van der Waals surface area contributed by atoms with Crippen LogP contribution < -0.4 is 4.31 Å². The molecule has 2 heterocycles. The normalized spacial score (nSPS) is 18.9. The van der Waals surface area contributed by atoms with Gasteiger partial charge in [-0.25, -0.2) is 8.42 Å². The van der Waals surface area contributed by atoms with Crippen molar-refractivity contribution in [2.75, 3.05) is 22.4 Å². The fourth-order valence-corrected chi connectivity index (χ4v) is 5.95. The van der Waals surface area contributed by atoms with Crippen molar-refractivity contribution in [2.24, 2.45) is 0 Å². The molecule has 5 rings (SSSR count). The van der Waals surface area contributed by atoms with E-state index in [0.29, 0.717) is 41.9 Å². The first kappa shape index (κ1) is 19.1. The summed E-state index contributed by atoms with van der Waals surface area (Å²) in [6.45, 7) is 2.10. The third-order valence-corrected chi connectivity index (χ3v) is 8.56. The third-order valence-electron chi connectivity index (χ3n) is 5.83. The molecule has 7 nitrogen and oxygen atoms in total. The summed E-state index contributed by atoms with van der Waals surface area (Å²) >= 11 is 1.46. The number of benzene rings is 1. The van der Waals surface area contributed by atoms with E-state index in [-0.39, 0.29) is 11.5 Å². The monoisotopic (exact) mass is 432 g/mol. The van der Waals surface area contributed by atoms with Gasteiger partial charge >= 0.3 is 0 Å². The molecule has 1 aliphatic heterocycles. The Labute approximate surface area is 174 Å². The zero-order chi connectivity index (χ0) is 20.2. The van der Waals surface area contributed by atoms with Gasteiger partial charge in [-0.2, -0.15) is 0 Å². The largest absolute Gasteiger partial charge is 0.303 e. The summed E-state index contributed by atoms with van der Waals surface area (Å²) in [6, 6.07) is 5.87. The number of hydrogen-bond donors (Lipinski definition) is 0. The van der Waals surface area contributed by atoms with Gasteiger partial charge < -0.3 is 4.57 Å². The van der Waals surface area contributed by atoms with Crippen LogP contribution in [0.1, 0.15) is 66.3 Å². The topological polar surface area (TPSA) is 85.2 Å². The van der Waals surface area contributed by atoms with Crippen LogP contribution >= 0.6 is 11.8 Å². The number of thioether (sulfide) groups is 1. The summed E-state index contributed by atoms with van der Waals surface area (Å²) in [5, 5.41) is 9.60. The Morgan fingerprint density at radius 2 is 2.00 bits per heavy atom. The first-order valence-corrected chi connectivity index (χ1v) is 12.8. The Bertz CT molecular complexity index is 1070. The second kappa shape index (κ2) is 7.12. The average Bonchev–Trinajstić information content (AvgIpc) is 3.65. The van der Waals surface area contributed by atoms with Crippen LogP contribution in [0.15, 0.2) is 23.4 Å². The molecule has 29 heavy (non-hydrogen) atoms. The molecule has 1 aromatic heterocycles. The molecule has 0 atom stereocenters. The van der Waals surface area contributed by atoms with Gasteiger partial charge in [0.05, 0.1) is 17.2 Å². The Balaban J connectivity index is 1.30. The highest BCUT2D eigenvalue weighted by Gasteiger charge is 2.36. The SMILES string of the molecule is CCS(=O)(=O)N1CCc2cc(C(=O)CSc3nnc(C4CC4)n3C3CC3)ccc21. The Hall–Kier alpha value is -1.87. The molecule has 0 radical (unpaired) electrons. The van der Waals surface area contributed by atoms with Crippen LogP contribution in [0.4, 0.5) is 5.69 Å². The van der Waals surface area contributed by atoms with E-state index in [2.05, 4.69) is 14.8 Å². The highest BCUT2D eigenvalue weighted by Crippen LogP contribution is 2.46. The van der Waals surface area contributed by atoms with Gasteiger partial charge in [-0.15, -0.1) is 10.2 Å². The molecule has 3 aliphatic rings. The number of carbonyl (C=O) groups is 1. The molecular formula is C20H24N4O3S2. The van der Waals surface area contributed by atoms with Crippen LogP contribution in [-0.4, -0.2) is 47.0 Å². The summed E-state index contributed by atoms with van der Waals surface area (Å²) in [4.78, 5) is 12.8. The van der Waals surface area contributed by atoms with E-state index in [1.54, 1.807) is 19.1 Å². The second-order valence-electron chi connectivity index (χ2n) is 7.99. The van der Waals surface area contributed by atoms with Gasteiger partial charge in [0.1, 0.15) is 5.82 Å². The molecule has 0 bridgehead atoms. The lowest BCUT2D eigenvalue weighted by Crippen LogP contribution is -2.30. The van der Waals surface area contributed by atoms with Crippen molar-refractivity contribution in [1.82, 2.24) is 14.8 Å². The summed E-state index contributed by atoms with van der Waals surface area (Å²) in [5.74, 6) is 2.07. The number of nitrogens with zero attached hydrogens (tertiary/aromatic N) is 4. The number of ketones is 1. The van der Waals surface area contributed by atoms with Crippen LogP contribution in [0, 0.1) is 0 Å². The van der Waals surface area contributed by atoms with E-state index < -0.39 is 10.0 Å². The summed E-state index contributed by atoms with van der Waals surface area (Å²) in [5.41, 5.74) is 2.26. The van der Waals surface area contributed by atoms with E-state index in [9.17, 15) is 13.2 Å². The number of hydrogen-bond acceptors (Lipinski definition) is 6. The molecule has 2 saturated carbocycles. The molecular weight excluding hydrogens is 408 g/mol. The van der Waals surface area contributed by atoms with Crippen molar-refractivity contribution < 1.29 is 13.2 Å². The minimum atomic E-state index is -3.27. The van der Waals surface area contributed by atoms with Crippen molar-refractivity contribution in [2.45, 2.75) is 56.1 Å². The Morgan fingerprint density at radius 3 is 2.69 bits per heavy atom. The van der Waals surface area contributed by atoms with Gasteiger partial charge in [-0.3, -0.25) is 9.10 Å². The molecule has 2 fully saturated rings. The van der Waals surface area contributed by atoms with Crippen LogP contribution in [0.2, 0.25) is 0 Å². The smallest absolute Gasteiger partial charge is 0.234 e. The van der Waals surface area contributed by atoms with Crippen molar-refractivity contribution in [1.29, 1.82) is 0 Å². The highest BCUT2D eigenvalue weighted by molar-refractivity contribution is 7.99. The number of aromatic nitrogens is 3. The minimum absolute atomic E-state index is 0.0351. The van der Waals surface area contributed by atoms with E-state index in [4.69, 9.17) is 0 Å². The van der Waals surface area contributed by atoms with Crippen molar-refractivity contribution >= 4 is 33.3 Å². The summed E-state index contributed by atoms with van der Waals surface area (Å²) in [6.07, 6.45) is 5.36. The molecule has 0 unspecified atom stereocenters. The van der Waals surface area contributed by atoms with Crippen molar-refractivity contribution in [3.05, 3.63) is 35.2 Å². The van der Waals surface area contributed by atoms with Crippen molar-refractivity contribution in [3.8, 4) is 0 Å². The first-order chi connectivity index (χ1) is 14.0. The highest BCUT2D eigenvalue weighted by atomic mass is 32.2. The average molecular weight is 433 g/mol. The maximum atomic E-state index is 12.8. The fraction of sp³-hybridized carbons (Fsp3) is 0.550. The summed E-state index contributed by atoms with van der Waals surface area (Å²) in [7, 11) is -3.27. The van der Waals surface area contributed by atoms with Gasteiger partial charge in [0.2, 0.25) is 10.0 Å². The lowest BCUT2D eigenvalue weighted by molar-refractivity contribution is 0.102. The van der Waals surface area contributed by atoms with Crippen LogP contribution in [0.5, 0.6) is 0 Å². The van der Waals surface area contributed by atoms with Crippen LogP contribution in [0.3, 0.4) is 0 Å². The number of sulfonamides is 1. The molecule has 2 aromatic rings. The Morgan fingerprint density at radius 1 is 1.21 bits per heavy atom. The predicted molar refractivity (Wildman–Crippen MR) is 112 cm³/mol. The zero-order valence-electron chi connectivity index (χ0n) is 16.4. The first-order valence-electron chi connectivity index (χ1n) is 10.2. The third kappa shape index (κ3) is 3.59. The number of Topliss-reactive ketones (excluding diaryl/α,β-unsaturated/α-hetero) is 1. The van der Waals surface area contributed by atoms with Crippen LogP contribution in [0.25, 0.3) is 0 Å². The second-order valence-corrected chi connectivity index (χ2v) is 11.1. The molecule has 0 spiro atoms. The lowest BCUT2D eigenvalue weighted by atomic mass is 10.1. The van der Waals surface area contributed by atoms with Gasteiger partial charge in [0, 0.05) is 24.1 Å². The number of fused-ring (bicyclic) bond motifs is 1. The van der Waals surface area contributed by atoms with Gasteiger partial charge in [-0.1, -0.05) is 11.8 Å². The van der Waals surface area contributed by atoms with E-state index in [0.717, 1.165) is 16.5 Å².